The molecule has 3 aromatic rings. The Balaban J connectivity index is 1.56. The molecule has 0 unspecified atom stereocenters. The van der Waals surface area contributed by atoms with Gasteiger partial charge in [0.05, 0.1) is 6.61 Å². The summed E-state index contributed by atoms with van der Waals surface area (Å²) in [5.41, 5.74) is 1.06. The summed E-state index contributed by atoms with van der Waals surface area (Å²) in [4.78, 5) is 0. The van der Waals surface area contributed by atoms with E-state index in [-0.39, 0.29) is 0 Å². The summed E-state index contributed by atoms with van der Waals surface area (Å²) >= 11 is 7.55. The van der Waals surface area contributed by atoms with Gasteiger partial charge >= 0.3 is 0 Å². The number of benzene rings is 2. The molecule has 0 amide bonds. The molecule has 118 valence electrons. The topological polar surface area (TPSA) is 39.9 Å². The van der Waals surface area contributed by atoms with Crippen LogP contribution in [0.2, 0.25) is 5.02 Å². The van der Waals surface area contributed by atoms with E-state index in [0.29, 0.717) is 11.6 Å². The van der Waals surface area contributed by atoms with E-state index in [1.165, 1.54) is 0 Å². The van der Waals surface area contributed by atoms with Crippen molar-refractivity contribution in [3.05, 3.63) is 59.6 Å². The maximum Gasteiger partial charge on any atom is 0.191 e. The lowest BCUT2D eigenvalue weighted by atomic mass is 10.2. The minimum absolute atomic E-state index is 0.582. The van der Waals surface area contributed by atoms with Crippen molar-refractivity contribution in [2.24, 2.45) is 7.05 Å². The molecule has 2 aromatic carbocycles. The van der Waals surface area contributed by atoms with Crippen LogP contribution in [0.1, 0.15) is 0 Å². The Hall–Kier alpha value is -1.98. The molecule has 1 aromatic heterocycles. The van der Waals surface area contributed by atoms with Gasteiger partial charge in [-0.3, -0.25) is 0 Å². The quantitative estimate of drug-likeness (QED) is 0.493. The average molecular weight is 346 g/mol. The fraction of sp³-hybridized carbons (Fsp3) is 0.176. The minimum atomic E-state index is 0.582. The number of aromatic nitrogens is 3. The lowest BCUT2D eigenvalue weighted by molar-refractivity contribution is 0.344. The molecule has 0 aliphatic rings. The summed E-state index contributed by atoms with van der Waals surface area (Å²) in [6, 6.07) is 17.4. The number of ether oxygens (including phenoxy) is 1. The van der Waals surface area contributed by atoms with E-state index in [1.807, 2.05) is 66.2 Å². The monoisotopic (exact) mass is 345 g/mol. The van der Waals surface area contributed by atoms with Gasteiger partial charge in [-0.05, 0) is 18.2 Å². The second-order valence-electron chi connectivity index (χ2n) is 4.89. The molecule has 0 fully saturated rings. The molecule has 23 heavy (non-hydrogen) atoms. The SMILES string of the molecule is Cn1c(SCCOc2cccc(Cl)c2)nnc1-c1ccccc1. The van der Waals surface area contributed by atoms with Gasteiger partial charge in [-0.1, -0.05) is 59.8 Å². The molecule has 0 saturated carbocycles. The molecular weight excluding hydrogens is 330 g/mol. The van der Waals surface area contributed by atoms with E-state index in [1.54, 1.807) is 11.8 Å². The van der Waals surface area contributed by atoms with Crippen LogP contribution < -0.4 is 4.74 Å². The number of halogens is 1. The van der Waals surface area contributed by atoms with Crippen LogP contribution >= 0.6 is 23.4 Å². The fourth-order valence-corrected chi connectivity index (χ4v) is 3.04. The highest BCUT2D eigenvalue weighted by Gasteiger charge is 2.10. The molecule has 0 aliphatic heterocycles. The summed E-state index contributed by atoms with van der Waals surface area (Å²) in [6.45, 7) is 0.582. The van der Waals surface area contributed by atoms with Crippen LogP contribution in [0, 0.1) is 0 Å². The summed E-state index contributed by atoms with van der Waals surface area (Å²) in [6.07, 6.45) is 0. The predicted molar refractivity (Wildman–Crippen MR) is 94.1 cm³/mol. The van der Waals surface area contributed by atoms with Crippen molar-refractivity contribution in [1.82, 2.24) is 14.8 Å². The van der Waals surface area contributed by atoms with E-state index < -0.39 is 0 Å². The zero-order valence-corrected chi connectivity index (χ0v) is 14.2. The van der Waals surface area contributed by atoms with Crippen molar-refractivity contribution < 1.29 is 4.74 Å². The molecule has 0 atom stereocenters. The van der Waals surface area contributed by atoms with E-state index in [0.717, 1.165) is 28.0 Å². The molecule has 6 heteroatoms. The summed E-state index contributed by atoms with van der Waals surface area (Å²) in [5.74, 6) is 2.43. The zero-order chi connectivity index (χ0) is 16.1. The van der Waals surface area contributed by atoms with Gasteiger partial charge in [0.25, 0.3) is 0 Å². The van der Waals surface area contributed by atoms with Gasteiger partial charge in [0.2, 0.25) is 0 Å². The Morgan fingerprint density at radius 3 is 2.70 bits per heavy atom. The molecule has 4 nitrogen and oxygen atoms in total. The first kappa shape index (κ1) is 15.9. The first-order chi connectivity index (χ1) is 11.2. The summed E-state index contributed by atoms with van der Waals surface area (Å²) in [5, 5.41) is 10.1. The standard InChI is InChI=1S/C17H16ClN3OS/c1-21-16(13-6-3-2-4-7-13)19-20-17(21)23-11-10-22-15-9-5-8-14(18)12-15/h2-9,12H,10-11H2,1H3. The van der Waals surface area contributed by atoms with Crippen LogP contribution in [0.15, 0.2) is 59.8 Å². The Labute approximate surface area is 144 Å². The maximum atomic E-state index is 5.93. The molecule has 1 heterocycles. The Morgan fingerprint density at radius 1 is 1.09 bits per heavy atom. The molecule has 0 N–H and O–H groups in total. The van der Waals surface area contributed by atoms with E-state index in [9.17, 15) is 0 Å². The third kappa shape index (κ3) is 4.06. The van der Waals surface area contributed by atoms with Gasteiger partial charge in [-0.25, -0.2) is 0 Å². The number of rotatable bonds is 6. The number of hydrogen-bond acceptors (Lipinski definition) is 4. The number of hydrogen-bond donors (Lipinski definition) is 0. The Bertz CT molecular complexity index is 777. The third-order valence-electron chi connectivity index (χ3n) is 3.25. The van der Waals surface area contributed by atoms with Gasteiger partial charge < -0.3 is 9.30 Å². The van der Waals surface area contributed by atoms with Crippen LogP contribution in [-0.2, 0) is 7.05 Å². The molecule has 0 spiro atoms. The smallest absolute Gasteiger partial charge is 0.191 e. The summed E-state index contributed by atoms with van der Waals surface area (Å²) in [7, 11) is 1.97. The molecule has 0 bridgehead atoms. The lowest BCUT2D eigenvalue weighted by Crippen LogP contribution is -2.02. The zero-order valence-electron chi connectivity index (χ0n) is 12.6. The van der Waals surface area contributed by atoms with Crippen LogP contribution in [0.4, 0.5) is 0 Å². The molecule has 0 radical (unpaired) electrons. The van der Waals surface area contributed by atoms with Gasteiger partial charge in [0.15, 0.2) is 11.0 Å². The highest BCUT2D eigenvalue weighted by molar-refractivity contribution is 7.99. The predicted octanol–water partition coefficient (Wildman–Crippen LogP) is 4.31. The lowest BCUT2D eigenvalue weighted by Gasteiger charge is -2.06. The largest absolute Gasteiger partial charge is 0.493 e. The van der Waals surface area contributed by atoms with Crippen molar-refractivity contribution in [3.63, 3.8) is 0 Å². The molecule has 0 saturated heterocycles. The molecular formula is C17H16ClN3OS. The highest BCUT2D eigenvalue weighted by Crippen LogP contribution is 2.23. The third-order valence-corrected chi connectivity index (χ3v) is 4.47. The second-order valence-corrected chi connectivity index (χ2v) is 6.38. The number of nitrogens with zero attached hydrogens (tertiary/aromatic N) is 3. The van der Waals surface area contributed by atoms with E-state index >= 15 is 0 Å². The Kier molecular flexibility index (Phi) is 5.20. The first-order valence-electron chi connectivity index (χ1n) is 7.20. The second kappa shape index (κ2) is 7.53. The van der Waals surface area contributed by atoms with Crippen molar-refractivity contribution in [3.8, 4) is 17.1 Å². The van der Waals surface area contributed by atoms with Crippen molar-refractivity contribution >= 4 is 23.4 Å². The van der Waals surface area contributed by atoms with Gasteiger partial charge in [0, 0.05) is 23.4 Å². The van der Waals surface area contributed by atoms with Crippen molar-refractivity contribution in [2.75, 3.05) is 12.4 Å². The van der Waals surface area contributed by atoms with Crippen LogP contribution in [0.3, 0.4) is 0 Å². The van der Waals surface area contributed by atoms with Crippen LogP contribution in [-0.4, -0.2) is 27.1 Å². The van der Waals surface area contributed by atoms with Gasteiger partial charge in [0.1, 0.15) is 5.75 Å². The maximum absolute atomic E-state index is 5.93. The van der Waals surface area contributed by atoms with E-state index in [4.69, 9.17) is 16.3 Å². The van der Waals surface area contributed by atoms with Gasteiger partial charge in [-0.2, -0.15) is 0 Å². The van der Waals surface area contributed by atoms with Crippen molar-refractivity contribution in [2.45, 2.75) is 5.16 Å². The number of thioether (sulfide) groups is 1. The normalized spacial score (nSPS) is 10.7. The minimum Gasteiger partial charge on any atom is -0.493 e. The first-order valence-corrected chi connectivity index (χ1v) is 8.56. The Morgan fingerprint density at radius 2 is 1.91 bits per heavy atom. The van der Waals surface area contributed by atoms with Gasteiger partial charge in [-0.15, -0.1) is 10.2 Å². The molecule has 3 rings (SSSR count). The van der Waals surface area contributed by atoms with Crippen LogP contribution in [0.25, 0.3) is 11.4 Å². The fourth-order valence-electron chi connectivity index (χ4n) is 2.13. The van der Waals surface area contributed by atoms with E-state index in [2.05, 4.69) is 10.2 Å². The average Bonchev–Trinajstić information content (AvgIpc) is 2.93. The van der Waals surface area contributed by atoms with Crippen LogP contribution in [0.5, 0.6) is 5.75 Å². The van der Waals surface area contributed by atoms with Crippen molar-refractivity contribution in [1.29, 1.82) is 0 Å². The summed E-state index contributed by atoms with van der Waals surface area (Å²) < 4.78 is 7.68. The highest BCUT2D eigenvalue weighted by atomic mass is 35.5. The molecule has 0 aliphatic carbocycles.